The van der Waals surface area contributed by atoms with E-state index in [0.717, 1.165) is 5.69 Å². The first kappa shape index (κ1) is 14.9. The molecule has 0 saturated heterocycles. The summed E-state index contributed by atoms with van der Waals surface area (Å²) in [4.78, 5) is 6.94. The predicted molar refractivity (Wildman–Crippen MR) is 87.2 cm³/mol. The van der Waals surface area contributed by atoms with E-state index in [0.29, 0.717) is 12.0 Å². The number of hydrogen-bond donors (Lipinski definition) is 1. The van der Waals surface area contributed by atoms with Crippen molar-refractivity contribution >= 4 is 11.6 Å². The summed E-state index contributed by atoms with van der Waals surface area (Å²) in [6.45, 7) is 6.51. The Balaban J connectivity index is 2.25. The van der Waals surface area contributed by atoms with Crippen LogP contribution in [0.15, 0.2) is 35.3 Å². The van der Waals surface area contributed by atoms with Gasteiger partial charge in [-0.15, -0.1) is 0 Å². The minimum atomic E-state index is -0.0798. The van der Waals surface area contributed by atoms with Gasteiger partial charge in [-0.3, -0.25) is 0 Å². The predicted octanol–water partition coefficient (Wildman–Crippen LogP) is 3.94. The van der Waals surface area contributed by atoms with Crippen molar-refractivity contribution in [3.63, 3.8) is 0 Å². The minimum absolute atomic E-state index is 0.0798. The lowest BCUT2D eigenvalue weighted by atomic mass is 9.96. The third-order valence-corrected chi connectivity index (χ3v) is 3.80. The third kappa shape index (κ3) is 3.75. The summed E-state index contributed by atoms with van der Waals surface area (Å²) in [5, 5.41) is 0. The molecule has 1 aliphatic carbocycles. The molecule has 0 unspecified atom stereocenters. The number of anilines is 1. The molecule has 0 aromatic heterocycles. The van der Waals surface area contributed by atoms with Crippen LogP contribution in [0.3, 0.4) is 0 Å². The number of benzene rings is 1. The maximum Gasteiger partial charge on any atom is 0.196 e. The van der Waals surface area contributed by atoms with Gasteiger partial charge in [0.15, 0.2) is 5.96 Å². The highest BCUT2D eigenvalue weighted by molar-refractivity contribution is 5.96. The summed E-state index contributed by atoms with van der Waals surface area (Å²) in [7, 11) is 0. The first-order valence-corrected chi connectivity index (χ1v) is 7.67. The standard InChI is InChI=1S/C17H27N3/c1-17(2,3)20(15-12-8-5-9-13-15)16(18)19-14-10-6-4-7-11-14/h5,8-9,12-14H,4,6-7,10-11H2,1-3H3,(H2,18,19). The van der Waals surface area contributed by atoms with Gasteiger partial charge < -0.3 is 10.6 Å². The van der Waals surface area contributed by atoms with Crippen LogP contribution in [0.5, 0.6) is 0 Å². The van der Waals surface area contributed by atoms with Crippen molar-refractivity contribution in [2.24, 2.45) is 10.7 Å². The molecule has 1 aromatic rings. The van der Waals surface area contributed by atoms with Crippen LogP contribution >= 0.6 is 0 Å². The lowest BCUT2D eigenvalue weighted by molar-refractivity contribution is 0.441. The second-order valence-electron chi connectivity index (χ2n) is 6.62. The number of nitrogens with zero attached hydrogens (tertiary/aromatic N) is 2. The van der Waals surface area contributed by atoms with Gasteiger partial charge >= 0.3 is 0 Å². The molecule has 1 aliphatic rings. The fourth-order valence-electron chi connectivity index (χ4n) is 2.90. The number of hydrogen-bond acceptors (Lipinski definition) is 1. The summed E-state index contributed by atoms with van der Waals surface area (Å²) in [5.74, 6) is 0.649. The molecule has 1 fully saturated rings. The third-order valence-electron chi connectivity index (χ3n) is 3.80. The summed E-state index contributed by atoms with van der Waals surface area (Å²) in [6, 6.07) is 10.7. The van der Waals surface area contributed by atoms with E-state index in [1.807, 2.05) is 18.2 Å². The molecule has 0 atom stereocenters. The fourth-order valence-corrected chi connectivity index (χ4v) is 2.90. The molecular formula is C17H27N3. The Bertz CT molecular complexity index is 439. The second kappa shape index (κ2) is 6.29. The van der Waals surface area contributed by atoms with Gasteiger partial charge in [0, 0.05) is 11.2 Å². The van der Waals surface area contributed by atoms with Gasteiger partial charge in [-0.2, -0.15) is 0 Å². The van der Waals surface area contributed by atoms with E-state index in [2.05, 4.69) is 37.8 Å². The van der Waals surface area contributed by atoms with Crippen molar-refractivity contribution in [3.8, 4) is 0 Å². The number of rotatable bonds is 2. The van der Waals surface area contributed by atoms with Gasteiger partial charge in [-0.25, -0.2) is 4.99 Å². The first-order valence-electron chi connectivity index (χ1n) is 7.67. The Kier molecular flexibility index (Phi) is 4.69. The largest absolute Gasteiger partial charge is 0.369 e. The topological polar surface area (TPSA) is 41.6 Å². The van der Waals surface area contributed by atoms with Gasteiger partial charge in [-0.1, -0.05) is 37.5 Å². The van der Waals surface area contributed by atoms with Crippen LogP contribution in [0, 0.1) is 0 Å². The Morgan fingerprint density at radius 2 is 1.70 bits per heavy atom. The van der Waals surface area contributed by atoms with Gasteiger partial charge in [0.1, 0.15) is 0 Å². The minimum Gasteiger partial charge on any atom is -0.369 e. The van der Waals surface area contributed by atoms with Crippen molar-refractivity contribution in [2.45, 2.75) is 64.5 Å². The average Bonchev–Trinajstić information content (AvgIpc) is 2.39. The molecule has 1 saturated carbocycles. The highest BCUT2D eigenvalue weighted by Gasteiger charge is 2.25. The molecule has 3 heteroatoms. The van der Waals surface area contributed by atoms with Crippen LogP contribution in [0.4, 0.5) is 5.69 Å². The molecule has 0 bridgehead atoms. The quantitative estimate of drug-likeness (QED) is 0.655. The van der Waals surface area contributed by atoms with Crippen LogP contribution < -0.4 is 10.6 Å². The lowest BCUT2D eigenvalue weighted by Gasteiger charge is -2.37. The highest BCUT2D eigenvalue weighted by Crippen LogP contribution is 2.25. The average molecular weight is 273 g/mol. The maximum absolute atomic E-state index is 6.34. The number of nitrogens with two attached hydrogens (primary N) is 1. The lowest BCUT2D eigenvalue weighted by Crippen LogP contribution is -2.50. The summed E-state index contributed by atoms with van der Waals surface area (Å²) in [6.07, 6.45) is 6.25. The fraction of sp³-hybridized carbons (Fsp3) is 0.588. The van der Waals surface area contributed by atoms with Gasteiger partial charge in [0.2, 0.25) is 0 Å². The van der Waals surface area contributed by atoms with Crippen molar-refractivity contribution in [1.82, 2.24) is 0 Å². The normalized spacial score (nSPS) is 18.1. The van der Waals surface area contributed by atoms with Gasteiger partial charge in [0.25, 0.3) is 0 Å². The summed E-state index contributed by atoms with van der Waals surface area (Å²) in [5.41, 5.74) is 7.37. The van der Waals surface area contributed by atoms with Crippen LogP contribution in [-0.4, -0.2) is 17.5 Å². The smallest absolute Gasteiger partial charge is 0.196 e. The number of guanidine groups is 1. The molecule has 2 N–H and O–H groups in total. The Labute approximate surface area is 122 Å². The molecule has 110 valence electrons. The SMILES string of the molecule is CC(C)(C)N(C(N)=NC1CCCCC1)c1ccccc1. The second-order valence-corrected chi connectivity index (χ2v) is 6.62. The number of aliphatic imine (C=N–C) groups is 1. The van der Waals surface area contributed by atoms with Gasteiger partial charge in [-0.05, 0) is 45.7 Å². The Hall–Kier alpha value is -1.51. The van der Waals surface area contributed by atoms with Crippen LogP contribution in [0.25, 0.3) is 0 Å². The van der Waals surface area contributed by atoms with E-state index in [4.69, 9.17) is 10.7 Å². The molecule has 2 rings (SSSR count). The molecule has 0 amide bonds. The van der Waals surface area contributed by atoms with E-state index in [1.54, 1.807) is 0 Å². The first-order chi connectivity index (χ1) is 9.48. The Morgan fingerprint density at radius 1 is 1.10 bits per heavy atom. The molecule has 20 heavy (non-hydrogen) atoms. The molecule has 1 aromatic carbocycles. The van der Waals surface area contributed by atoms with Crippen molar-refractivity contribution < 1.29 is 0 Å². The zero-order valence-corrected chi connectivity index (χ0v) is 13.0. The van der Waals surface area contributed by atoms with E-state index < -0.39 is 0 Å². The highest BCUT2D eigenvalue weighted by atomic mass is 15.3. The molecular weight excluding hydrogens is 246 g/mol. The molecule has 0 radical (unpaired) electrons. The van der Waals surface area contributed by atoms with E-state index in [9.17, 15) is 0 Å². The van der Waals surface area contributed by atoms with E-state index in [-0.39, 0.29) is 5.54 Å². The zero-order valence-electron chi connectivity index (χ0n) is 13.0. The molecule has 0 aliphatic heterocycles. The van der Waals surface area contributed by atoms with Crippen LogP contribution in [-0.2, 0) is 0 Å². The zero-order chi connectivity index (χ0) is 14.6. The van der Waals surface area contributed by atoms with Crippen LogP contribution in [0.2, 0.25) is 0 Å². The van der Waals surface area contributed by atoms with E-state index >= 15 is 0 Å². The molecule has 0 heterocycles. The molecule has 3 nitrogen and oxygen atoms in total. The maximum atomic E-state index is 6.34. The number of para-hydroxylation sites is 1. The summed E-state index contributed by atoms with van der Waals surface area (Å²) >= 11 is 0. The summed E-state index contributed by atoms with van der Waals surface area (Å²) < 4.78 is 0. The van der Waals surface area contributed by atoms with Crippen molar-refractivity contribution in [1.29, 1.82) is 0 Å². The van der Waals surface area contributed by atoms with Gasteiger partial charge in [0.05, 0.1) is 6.04 Å². The van der Waals surface area contributed by atoms with Crippen molar-refractivity contribution in [2.75, 3.05) is 4.90 Å². The molecule has 0 spiro atoms. The monoisotopic (exact) mass is 273 g/mol. The van der Waals surface area contributed by atoms with E-state index in [1.165, 1.54) is 32.1 Å². The van der Waals surface area contributed by atoms with Crippen molar-refractivity contribution in [3.05, 3.63) is 30.3 Å². The van der Waals surface area contributed by atoms with Crippen LogP contribution in [0.1, 0.15) is 52.9 Å². The Morgan fingerprint density at radius 3 is 2.25 bits per heavy atom.